The molecule has 0 radical (unpaired) electrons. The smallest absolute Gasteiger partial charge is 0.0214 e. The van der Waals surface area contributed by atoms with Gasteiger partial charge in [0.05, 0.1) is 0 Å². The Morgan fingerprint density at radius 3 is 1.27 bits per heavy atom. The van der Waals surface area contributed by atoms with Gasteiger partial charge in [-0.3, -0.25) is 0 Å². The molecule has 0 bridgehead atoms. The second kappa shape index (κ2) is 0.744. The lowest BCUT2D eigenvalue weighted by Crippen LogP contribution is -3.12. The van der Waals surface area contributed by atoms with Crippen LogP contribution < -0.4 is 0 Å². The lowest BCUT2D eigenvalue weighted by Gasteiger charge is -3.15. The standard InChI is InChI=1S/C11H14/c1-9-5-4-6(9)11(3)7(4)10(5,2)8(9)11/h4-8H,1-3H3. The van der Waals surface area contributed by atoms with Crippen LogP contribution in [-0.2, 0) is 0 Å². The molecular formula is C11H14. The van der Waals surface area contributed by atoms with Crippen LogP contribution in [0.4, 0.5) is 0 Å². The zero-order valence-corrected chi connectivity index (χ0v) is 7.39. The van der Waals surface area contributed by atoms with Gasteiger partial charge >= 0.3 is 0 Å². The molecule has 0 aromatic carbocycles. The Morgan fingerprint density at radius 2 is 1.09 bits per heavy atom. The van der Waals surface area contributed by atoms with E-state index in [1.807, 2.05) is 0 Å². The van der Waals surface area contributed by atoms with Gasteiger partial charge in [-0.25, -0.2) is 0 Å². The van der Waals surface area contributed by atoms with Crippen LogP contribution >= 0.6 is 0 Å². The summed E-state index contributed by atoms with van der Waals surface area (Å²) in [5.74, 6) is 6.03. The molecule has 6 rings (SSSR count). The highest BCUT2D eigenvalue weighted by Gasteiger charge is 3.11. The summed E-state index contributed by atoms with van der Waals surface area (Å²) in [6.07, 6.45) is 0. The maximum atomic E-state index is 2.57. The second-order valence-corrected chi connectivity index (χ2v) is 6.54. The van der Waals surface area contributed by atoms with Gasteiger partial charge in [-0.1, -0.05) is 20.8 Å². The summed E-state index contributed by atoms with van der Waals surface area (Å²) in [4.78, 5) is 0. The first-order valence-electron chi connectivity index (χ1n) is 5.10. The van der Waals surface area contributed by atoms with E-state index in [2.05, 4.69) is 20.8 Å². The monoisotopic (exact) mass is 146 g/mol. The highest BCUT2D eigenvalue weighted by atomic mass is 15.1. The van der Waals surface area contributed by atoms with Crippen LogP contribution in [0, 0.1) is 45.8 Å². The van der Waals surface area contributed by atoms with Gasteiger partial charge in [-0.15, -0.1) is 0 Å². The molecule has 6 saturated carbocycles. The van der Waals surface area contributed by atoms with Crippen molar-refractivity contribution >= 4 is 0 Å². The summed E-state index contributed by atoms with van der Waals surface area (Å²) >= 11 is 0. The molecule has 58 valence electrons. The summed E-state index contributed by atoms with van der Waals surface area (Å²) in [5.41, 5.74) is 2.68. The molecular weight excluding hydrogens is 132 g/mol. The predicted octanol–water partition coefficient (Wildman–Crippen LogP) is 2.15. The number of hydrogen-bond acceptors (Lipinski definition) is 0. The van der Waals surface area contributed by atoms with Crippen molar-refractivity contribution in [3.8, 4) is 0 Å². The summed E-state index contributed by atoms with van der Waals surface area (Å²) in [5, 5.41) is 0. The molecule has 0 atom stereocenters. The molecule has 0 aromatic rings. The molecule has 0 aromatic heterocycles. The van der Waals surface area contributed by atoms with Crippen molar-refractivity contribution in [2.24, 2.45) is 45.8 Å². The fraction of sp³-hybridized carbons (Fsp3) is 1.00. The average molecular weight is 146 g/mol. The third-order valence-electron chi connectivity index (χ3n) is 7.04. The Labute approximate surface area is 67.4 Å². The van der Waals surface area contributed by atoms with Gasteiger partial charge in [0, 0.05) is 0 Å². The van der Waals surface area contributed by atoms with Gasteiger partial charge in [0.2, 0.25) is 0 Å². The lowest BCUT2D eigenvalue weighted by atomic mass is 8.89. The molecule has 6 aliphatic rings. The first-order chi connectivity index (χ1) is 5.10. The van der Waals surface area contributed by atoms with Crippen LogP contribution in [0.15, 0.2) is 0 Å². The van der Waals surface area contributed by atoms with Gasteiger partial charge in [-0.05, 0) is 45.8 Å². The van der Waals surface area contributed by atoms with Crippen LogP contribution in [-0.4, -0.2) is 0 Å². The molecule has 0 spiro atoms. The molecule has 0 amide bonds. The Bertz CT molecular complexity index is 263. The fourth-order valence-electron chi connectivity index (χ4n) is 8.10. The number of rotatable bonds is 0. The molecule has 0 unspecified atom stereocenters. The van der Waals surface area contributed by atoms with E-state index in [-0.39, 0.29) is 0 Å². The third-order valence-corrected chi connectivity index (χ3v) is 7.04. The quantitative estimate of drug-likeness (QED) is 0.491. The van der Waals surface area contributed by atoms with E-state index in [0.717, 1.165) is 16.2 Å². The van der Waals surface area contributed by atoms with Gasteiger partial charge in [0.25, 0.3) is 0 Å². The van der Waals surface area contributed by atoms with Gasteiger partial charge < -0.3 is 0 Å². The topological polar surface area (TPSA) is 0 Å². The van der Waals surface area contributed by atoms with Crippen molar-refractivity contribution in [2.75, 3.05) is 0 Å². The van der Waals surface area contributed by atoms with Crippen molar-refractivity contribution in [1.82, 2.24) is 0 Å². The first-order valence-corrected chi connectivity index (χ1v) is 5.10. The van der Waals surface area contributed by atoms with Crippen molar-refractivity contribution in [2.45, 2.75) is 20.8 Å². The van der Waals surface area contributed by atoms with Gasteiger partial charge in [0.15, 0.2) is 0 Å². The van der Waals surface area contributed by atoms with Crippen LogP contribution in [0.3, 0.4) is 0 Å². The van der Waals surface area contributed by atoms with Gasteiger partial charge in [0.1, 0.15) is 0 Å². The SMILES string of the molecule is CC12C3C4C1C1(C)C4C3(C)C21. The molecule has 6 aliphatic carbocycles. The van der Waals surface area contributed by atoms with Crippen molar-refractivity contribution in [3.05, 3.63) is 0 Å². The third kappa shape index (κ3) is 0.147. The van der Waals surface area contributed by atoms with E-state index in [1.165, 1.54) is 29.6 Å². The van der Waals surface area contributed by atoms with E-state index < -0.39 is 0 Å². The van der Waals surface area contributed by atoms with Crippen LogP contribution in [0.1, 0.15) is 20.8 Å². The molecule has 0 heterocycles. The Hall–Kier alpha value is 0. The molecule has 0 nitrogen and oxygen atoms in total. The first kappa shape index (κ1) is 4.89. The lowest BCUT2D eigenvalue weighted by molar-refractivity contribution is -0.688. The van der Waals surface area contributed by atoms with Crippen LogP contribution in [0.2, 0.25) is 0 Å². The summed E-state index contributed by atoms with van der Waals surface area (Å²) in [7, 11) is 0. The largest absolute Gasteiger partial charge is 0.0587 e. The van der Waals surface area contributed by atoms with Crippen molar-refractivity contribution in [1.29, 1.82) is 0 Å². The minimum absolute atomic E-state index is 0.892. The maximum absolute atomic E-state index is 2.57. The van der Waals surface area contributed by atoms with Crippen LogP contribution in [0.25, 0.3) is 0 Å². The van der Waals surface area contributed by atoms with E-state index in [1.54, 1.807) is 0 Å². The van der Waals surface area contributed by atoms with Crippen LogP contribution in [0.5, 0.6) is 0 Å². The molecule has 11 heavy (non-hydrogen) atoms. The molecule has 0 heteroatoms. The highest BCUT2D eigenvalue weighted by Crippen LogP contribution is 3.14. The molecule has 0 N–H and O–H groups in total. The normalized spacial score (nSPS) is 102. The fourth-order valence-corrected chi connectivity index (χ4v) is 8.10. The average Bonchev–Trinajstić information content (AvgIpc) is 1.82. The molecule has 0 saturated heterocycles. The Kier molecular flexibility index (Phi) is 0.331. The Morgan fingerprint density at radius 1 is 0.727 bits per heavy atom. The second-order valence-electron chi connectivity index (χ2n) is 6.54. The van der Waals surface area contributed by atoms with Crippen molar-refractivity contribution in [3.63, 3.8) is 0 Å². The van der Waals surface area contributed by atoms with E-state index >= 15 is 0 Å². The summed E-state index contributed by atoms with van der Waals surface area (Å²) < 4.78 is 0. The van der Waals surface area contributed by atoms with Crippen molar-refractivity contribution < 1.29 is 0 Å². The minimum atomic E-state index is 0.892. The van der Waals surface area contributed by atoms with Gasteiger partial charge in [-0.2, -0.15) is 0 Å². The Balaban J connectivity index is 1.87. The minimum Gasteiger partial charge on any atom is -0.0587 e. The zero-order valence-electron chi connectivity index (χ0n) is 7.39. The molecule has 6 fully saturated rings. The van der Waals surface area contributed by atoms with E-state index in [9.17, 15) is 0 Å². The highest BCUT2D eigenvalue weighted by molar-refractivity contribution is 5.57. The number of hydrogen-bond donors (Lipinski definition) is 0. The van der Waals surface area contributed by atoms with E-state index in [4.69, 9.17) is 0 Å². The maximum Gasteiger partial charge on any atom is -0.0214 e. The van der Waals surface area contributed by atoms with E-state index in [0.29, 0.717) is 0 Å². The zero-order chi connectivity index (χ0) is 7.39. The molecule has 0 aliphatic heterocycles. The summed E-state index contributed by atoms with van der Waals surface area (Å²) in [6.45, 7) is 7.72. The predicted molar refractivity (Wildman–Crippen MR) is 41.8 cm³/mol. The summed E-state index contributed by atoms with van der Waals surface area (Å²) in [6, 6.07) is 0.